The van der Waals surface area contributed by atoms with E-state index in [-0.39, 0.29) is 6.61 Å². The van der Waals surface area contributed by atoms with E-state index < -0.39 is 12.4 Å². The van der Waals surface area contributed by atoms with Gasteiger partial charge in [-0.2, -0.15) is 8.78 Å². The summed E-state index contributed by atoms with van der Waals surface area (Å²) in [5.41, 5.74) is 0. The number of alkyl halides is 2. The number of esters is 1. The normalized spacial score (nSPS) is 10.8. The Balaban J connectivity index is 3.07. The van der Waals surface area contributed by atoms with Crippen molar-refractivity contribution in [3.8, 4) is 0 Å². The Kier molecular flexibility index (Phi) is 10.4. The van der Waals surface area contributed by atoms with Crippen molar-refractivity contribution in [3.63, 3.8) is 0 Å². The summed E-state index contributed by atoms with van der Waals surface area (Å²) in [6, 6.07) is 0. The molecule has 0 unspecified atom stereocenters. The number of hydrogen-bond donors (Lipinski definition) is 0. The van der Waals surface area contributed by atoms with E-state index in [1.54, 1.807) is 0 Å². The largest absolute Gasteiger partial charge is 0.461 e. The van der Waals surface area contributed by atoms with Gasteiger partial charge in [-0.25, -0.2) is 4.79 Å². The minimum atomic E-state index is -2.99. The molecule has 0 aromatic rings. The molecule has 0 aliphatic heterocycles. The van der Waals surface area contributed by atoms with E-state index in [2.05, 4.69) is 11.7 Å². The number of ether oxygens (including phenoxy) is 1. The van der Waals surface area contributed by atoms with Crippen LogP contribution >= 0.6 is 0 Å². The van der Waals surface area contributed by atoms with Crippen LogP contribution in [0.15, 0.2) is 0 Å². The first kappa shape index (κ1) is 15.3. The van der Waals surface area contributed by atoms with Crippen LogP contribution in [0, 0.1) is 0 Å². The first-order valence-corrected chi connectivity index (χ1v) is 6.13. The number of halogens is 2. The van der Waals surface area contributed by atoms with Gasteiger partial charge in [-0.3, -0.25) is 0 Å². The van der Waals surface area contributed by atoms with Crippen molar-refractivity contribution >= 4 is 5.97 Å². The zero-order valence-corrected chi connectivity index (χ0v) is 10.0. The molecule has 0 saturated carbocycles. The summed E-state index contributed by atoms with van der Waals surface area (Å²) >= 11 is 0. The molecular formula is C12H22F2O2. The fourth-order valence-corrected chi connectivity index (χ4v) is 1.47. The number of carbonyl (C=O) groups is 1. The Morgan fingerprint density at radius 3 is 2.00 bits per heavy atom. The summed E-state index contributed by atoms with van der Waals surface area (Å²) in [5, 5.41) is 0. The summed E-state index contributed by atoms with van der Waals surface area (Å²) in [7, 11) is 0. The van der Waals surface area contributed by atoms with Crippen LogP contribution in [0.1, 0.15) is 58.3 Å². The fourth-order valence-electron chi connectivity index (χ4n) is 1.47. The summed E-state index contributed by atoms with van der Waals surface area (Å²) in [5.74, 6) is -1.40. The molecule has 0 radical (unpaired) electrons. The van der Waals surface area contributed by atoms with Crippen LogP contribution in [0.3, 0.4) is 0 Å². The molecule has 0 rings (SSSR count). The zero-order valence-electron chi connectivity index (χ0n) is 10.0. The third kappa shape index (κ3) is 9.87. The monoisotopic (exact) mass is 236 g/mol. The molecule has 0 N–H and O–H groups in total. The van der Waals surface area contributed by atoms with Crippen molar-refractivity contribution in [1.82, 2.24) is 0 Å². The predicted octanol–water partition coefficient (Wildman–Crippen LogP) is 3.94. The molecule has 0 aromatic carbocycles. The molecule has 96 valence electrons. The van der Waals surface area contributed by atoms with Crippen LogP contribution in [0.5, 0.6) is 0 Å². The van der Waals surface area contributed by atoms with Crippen molar-refractivity contribution in [1.29, 1.82) is 0 Å². The van der Waals surface area contributed by atoms with Gasteiger partial charge in [0.25, 0.3) is 0 Å². The van der Waals surface area contributed by atoms with Gasteiger partial charge in [-0.1, -0.05) is 51.9 Å². The molecule has 0 spiro atoms. The number of carbonyl (C=O) groups excluding carboxylic acids is 1. The van der Waals surface area contributed by atoms with E-state index in [0.717, 1.165) is 12.8 Å². The van der Waals surface area contributed by atoms with Gasteiger partial charge in [0, 0.05) is 0 Å². The molecule has 16 heavy (non-hydrogen) atoms. The van der Waals surface area contributed by atoms with Gasteiger partial charge < -0.3 is 4.74 Å². The van der Waals surface area contributed by atoms with Gasteiger partial charge in [0.05, 0.1) is 6.61 Å². The maximum absolute atomic E-state index is 11.7. The standard InChI is InChI=1S/C12H22F2O2/c1-2-3-4-5-6-7-8-9-10-16-12(15)11(13)14/h11H,2-10H2,1H3. The first-order valence-electron chi connectivity index (χ1n) is 6.13. The molecule has 2 nitrogen and oxygen atoms in total. The molecule has 0 amide bonds. The van der Waals surface area contributed by atoms with E-state index in [9.17, 15) is 13.6 Å². The molecule has 4 heteroatoms. The maximum Gasteiger partial charge on any atom is 0.373 e. The second kappa shape index (κ2) is 10.8. The van der Waals surface area contributed by atoms with Crippen LogP contribution in [-0.2, 0) is 9.53 Å². The van der Waals surface area contributed by atoms with Crippen molar-refractivity contribution in [3.05, 3.63) is 0 Å². The quantitative estimate of drug-likeness (QED) is 0.424. The van der Waals surface area contributed by atoms with E-state index in [1.807, 2.05) is 0 Å². The molecule has 0 heterocycles. The number of hydrogen-bond acceptors (Lipinski definition) is 2. The van der Waals surface area contributed by atoms with E-state index >= 15 is 0 Å². The molecule has 0 aromatic heterocycles. The summed E-state index contributed by atoms with van der Waals surface area (Å²) in [4.78, 5) is 10.4. The van der Waals surface area contributed by atoms with Crippen LogP contribution < -0.4 is 0 Å². The van der Waals surface area contributed by atoms with Crippen molar-refractivity contribution in [2.45, 2.75) is 64.7 Å². The van der Waals surface area contributed by atoms with Gasteiger partial charge in [-0.05, 0) is 6.42 Å². The lowest BCUT2D eigenvalue weighted by atomic mass is 10.1. The van der Waals surface area contributed by atoms with Crippen LogP contribution in [0.4, 0.5) is 8.78 Å². The Bertz CT molecular complexity index is 172. The summed E-state index contributed by atoms with van der Waals surface area (Å²) in [6.45, 7) is 2.30. The Morgan fingerprint density at radius 1 is 1.00 bits per heavy atom. The molecule has 0 fully saturated rings. The molecule has 0 aliphatic rings. The topological polar surface area (TPSA) is 26.3 Å². The van der Waals surface area contributed by atoms with E-state index in [0.29, 0.717) is 6.42 Å². The average molecular weight is 236 g/mol. The maximum atomic E-state index is 11.7. The Hall–Kier alpha value is -0.670. The predicted molar refractivity (Wildman–Crippen MR) is 59.6 cm³/mol. The average Bonchev–Trinajstić information content (AvgIpc) is 2.26. The minimum absolute atomic E-state index is 0.123. The highest BCUT2D eigenvalue weighted by atomic mass is 19.3. The van der Waals surface area contributed by atoms with Crippen LogP contribution in [0.2, 0.25) is 0 Å². The highest BCUT2D eigenvalue weighted by Crippen LogP contribution is 2.08. The van der Waals surface area contributed by atoms with Gasteiger partial charge in [0.1, 0.15) is 0 Å². The molecule has 0 saturated heterocycles. The first-order chi connectivity index (χ1) is 7.68. The smallest absolute Gasteiger partial charge is 0.373 e. The molecule has 0 aliphatic carbocycles. The van der Waals surface area contributed by atoms with Crippen LogP contribution in [-0.4, -0.2) is 19.0 Å². The SMILES string of the molecule is CCCCCCCCCCOC(=O)C(F)F. The van der Waals surface area contributed by atoms with Gasteiger partial charge in [0.2, 0.25) is 0 Å². The molecule has 0 bridgehead atoms. The van der Waals surface area contributed by atoms with Crippen molar-refractivity contribution < 1.29 is 18.3 Å². The lowest BCUT2D eigenvalue weighted by Gasteiger charge is -2.03. The zero-order chi connectivity index (χ0) is 12.2. The third-order valence-electron chi connectivity index (χ3n) is 2.42. The molecule has 0 atom stereocenters. The Morgan fingerprint density at radius 2 is 1.50 bits per heavy atom. The van der Waals surface area contributed by atoms with Crippen molar-refractivity contribution in [2.24, 2.45) is 0 Å². The van der Waals surface area contributed by atoms with E-state index in [1.165, 1.54) is 32.1 Å². The van der Waals surface area contributed by atoms with E-state index in [4.69, 9.17) is 0 Å². The second-order valence-electron chi connectivity index (χ2n) is 3.94. The van der Waals surface area contributed by atoms with Gasteiger partial charge >= 0.3 is 12.4 Å². The van der Waals surface area contributed by atoms with Gasteiger partial charge in [-0.15, -0.1) is 0 Å². The lowest BCUT2D eigenvalue weighted by Crippen LogP contribution is -2.14. The summed E-state index contributed by atoms with van der Waals surface area (Å²) < 4.78 is 27.8. The highest BCUT2D eigenvalue weighted by Gasteiger charge is 2.15. The van der Waals surface area contributed by atoms with Gasteiger partial charge in [0.15, 0.2) is 0 Å². The lowest BCUT2D eigenvalue weighted by molar-refractivity contribution is -0.156. The highest BCUT2D eigenvalue weighted by molar-refractivity contribution is 5.72. The van der Waals surface area contributed by atoms with Crippen LogP contribution in [0.25, 0.3) is 0 Å². The third-order valence-corrected chi connectivity index (χ3v) is 2.42. The number of unbranched alkanes of at least 4 members (excludes halogenated alkanes) is 7. The molecular weight excluding hydrogens is 214 g/mol. The summed E-state index contributed by atoms with van der Waals surface area (Å²) in [6.07, 6.45) is 5.96. The van der Waals surface area contributed by atoms with Crippen molar-refractivity contribution in [2.75, 3.05) is 6.61 Å². The number of rotatable bonds is 10. The fraction of sp³-hybridized carbons (Fsp3) is 0.917. The Labute approximate surface area is 96.4 Å². The second-order valence-corrected chi connectivity index (χ2v) is 3.94. The minimum Gasteiger partial charge on any atom is -0.461 e.